The van der Waals surface area contributed by atoms with Crippen molar-refractivity contribution in [1.29, 1.82) is 0 Å². The highest BCUT2D eigenvalue weighted by Crippen LogP contribution is 2.29. The number of hydrogen-bond donors (Lipinski definition) is 1. The number of rotatable bonds is 2. The first-order valence-corrected chi connectivity index (χ1v) is 4.25. The van der Waals surface area contributed by atoms with E-state index < -0.39 is 5.67 Å². The largest absolute Gasteiger partial charge is 0.327 e. The highest BCUT2D eigenvalue weighted by Gasteiger charge is 2.27. The third-order valence-corrected chi connectivity index (χ3v) is 2.77. The standard InChI is InChI=1S/C7H11FN2S/c1-5-6(11-4-10-5)7(2,8)3-9/h4H,3,9H2,1-2H3. The van der Waals surface area contributed by atoms with Crippen molar-refractivity contribution >= 4 is 11.3 Å². The lowest BCUT2D eigenvalue weighted by Crippen LogP contribution is -2.26. The summed E-state index contributed by atoms with van der Waals surface area (Å²) in [6, 6.07) is 0. The lowest BCUT2D eigenvalue weighted by Gasteiger charge is -2.15. The number of hydrogen-bond acceptors (Lipinski definition) is 3. The van der Waals surface area contributed by atoms with Gasteiger partial charge in [0.15, 0.2) is 5.67 Å². The summed E-state index contributed by atoms with van der Waals surface area (Å²) in [6.07, 6.45) is 0. The zero-order valence-corrected chi connectivity index (χ0v) is 7.41. The van der Waals surface area contributed by atoms with Gasteiger partial charge < -0.3 is 5.73 Å². The second-order valence-corrected chi connectivity index (χ2v) is 3.52. The molecule has 2 nitrogen and oxygen atoms in total. The van der Waals surface area contributed by atoms with Crippen molar-refractivity contribution < 1.29 is 4.39 Å². The Bertz CT molecular complexity index is 244. The molecule has 1 aromatic rings. The number of thiazole rings is 1. The summed E-state index contributed by atoms with van der Waals surface area (Å²) in [6.45, 7) is 3.28. The van der Waals surface area contributed by atoms with Crippen molar-refractivity contribution in [2.75, 3.05) is 6.54 Å². The van der Waals surface area contributed by atoms with Gasteiger partial charge in [0, 0.05) is 6.54 Å². The van der Waals surface area contributed by atoms with Gasteiger partial charge in [0.1, 0.15) is 0 Å². The summed E-state index contributed by atoms with van der Waals surface area (Å²) in [5, 5.41) is 0. The summed E-state index contributed by atoms with van der Waals surface area (Å²) < 4.78 is 13.5. The molecular formula is C7H11FN2S. The number of nitrogens with zero attached hydrogens (tertiary/aromatic N) is 1. The van der Waals surface area contributed by atoms with Gasteiger partial charge in [-0.1, -0.05) is 0 Å². The van der Waals surface area contributed by atoms with Crippen LogP contribution < -0.4 is 5.73 Å². The molecule has 1 heterocycles. The highest BCUT2D eigenvalue weighted by atomic mass is 32.1. The van der Waals surface area contributed by atoms with Gasteiger partial charge in [-0.15, -0.1) is 11.3 Å². The van der Waals surface area contributed by atoms with Crippen LogP contribution in [-0.4, -0.2) is 11.5 Å². The van der Waals surface area contributed by atoms with Crippen molar-refractivity contribution in [2.45, 2.75) is 19.5 Å². The Morgan fingerprint density at radius 2 is 2.45 bits per heavy atom. The molecule has 62 valence electrons. The number of aryl methyl sites for hydroxylation is 1. The van der Waals surface area contributed by atoms with Crippen LogP contribution in [0.2, 0.25) is 0 Å². The molecule has 0 bridgehead atoms. The number of aromatic nitrogens is 1. The molecule has 1 aromatic heterocycles. The smallest absolute Gasteiger partial charge is 0.156 e. The number of nitrogens with two attached hydrogens (primary N) is 1. The number of alkyl halides is 1. The summed E-state index contributed by atoms with van der Waals surface area (Å²) >= 11 is 1.31. The molecule has 1 unspecified atom stereocenters. The molecule has 0 amide bonds. The predicted octanol–water partition coefficient (Wildman–Crippen LogP) is 1.59. The van der Waals surface area contributed by atoms with Crippen LogP contribution in [0.25, 0.3) is 0 Å². The molecule has 1 rings (SSSR count). The first-order chi connectivity index (χ1) is 5.08. The lowest BCUT2D eigenvalue weighted by atomic mass is 10.1. The van der Waals surface area contributed by atoms with Gasteiger partial charge in [0.25, 0.3) is 0 Å². The van der Waals surface area contributed by atoms with Gasteiger partial charge in [-0.25, -0.2) is 9.37 Å². The summed E-state index contributed by atoms with van der Waals surface area (Å²) in [5.41, 5.74) is 6.24. The minimum atomic E-state index is -1.41. The van der Waals surface area contributed by atoms with Gasteiger partial charge in [-0.05, 0) is 13.8 Å². The van der Waals surface area contributed by atoms with Crippen LogP contribution in [0.5, 0.6) is 0 Å². The number of halogens is 1. The molecule has 0 fully saturated rings. The van der Waals surface area contributed by atoms with Crippen LogP contribution in [0, 0.1) is 6.92 Å². The van der Waals surface area contributed by atoms with Crippen molar-refractivity contribution in [3.05, 3.63) is 16.1 Å². The fraction of sp³-hybridized carbons (Fsp3) is 0.571. The molecule has 4 heteroatoms. The molecule has 1 atom stereocenters. The third-order valence-electron chi connectivity index (χ3n) is 1.60. The monoisotopic (exact) mass is 174 g/mol. The maximum absolute atomic E-state index is 13.5. The molecule has 0 aliphatic carbocycles. The Morgan fingerprint density at radius 3 is 2.82 bits per heavy atom. The van der Waals surface area contributed by atoms with Crippen LogP contribution in [-0.2, 0) is 5.67 Å². The van der Waals surface area contributed by atoms with E-state index in [-0.39, 0.29) is 6.54 Å². The van der Waals surface area contributed by atoms with Crippen molar-refractivity contribution in [3.63, 3.8) is 0 Å². The van der Waals surface area contributed by atoms with E-state index in [1.165, 1.54) is 18.3 Å². The first-order valence-electron chi connectivity index (χ1n) is 3.37. The fourth-order valence-corrected chi connectivity index (χ4v) is 1.76. The molecule has 2 N–H and O–H groups in total. The minimum absolute atomic E-state index is 0.00995. The molecule has 0 aromatic carbocycles. The van der Waals surface area contributed by atoms with E-state index >= 15 is 0 Å². The van der Waals surface area contributed by atoms with Gasteiger partial charge >= 0.3 is 0 Å². The molecular weight excluding hydrogens is 163 g/mol. The predicted molar refractivity (Wildman–Crippen MR) is 44.4 cm³/mol. The van der Waals surface area contributed by atoms with E-state index in [1.54, 1.807) is 12.4 Å². The van der Waals surface area contributed by atoms with Gasteiger partial charge in [0.2, 0.25) is 0 Å². The van der Waals surface area contributed by atoms with E-state index in [1.807, 2.05) is 0 Å². The topological polar surface area (TPSA) is 38.9 Å². The Labute approximate surface area is 69.3 Å². The molecule has 0 saturated heterocycles. The molecule has 0 aliphatic rings. The quantitative estimate of drug-likeness (QED) is 0.739. The van der Waals surface area contributed by atoms with Crippen molar-refractivity contribution in [3.8, 4) is 0 Å². The second-order valence-electron chi connectivity index (χ2n) is 2.67. The zero-order valence-electron chi connectivity index (χ0n) is 6.60. The second kappa shape index (κ2) is 2.87. The van der Waals surface area contributed by atoms with E-state index in [9.17, 15) is 4.39 Å². The van der Waals surface area contributed by atoms with Crippen LogP contribution >= 0.6 is 11.3 Å². The van der Waals surface area contributed by atoms with Gasteiger partial charge in [-0.3, -0.25) is 0 Å². The Kier molecular flexibility index (Phi) is 2.25. The maximum Gasteiger partial charge on any atom is 0.156 e. The first kappa shape index (κ1) is 8.62. The average Bonchev–Trinajstić information content (AvgIpc) is 2.36. The third kappa shape index (κ3) is 1.57. The van der Waals surface area contributed by atoms with E-state index in [4.69, 9.17) is 5.73 Å². The Hall–Kier alpha value is -0.480. The summed E-state index contributed by atoms with van der Waals surface area (Å²) in [5.74, 6) is 0. The maximum atomic E-state index is 13.5. The van der Waals surface area contributed by atoms with Crippen LogP contribution in [0.4, 0.5) is 4.39 Å². The fourth-order valence-electron chi connectivity index (χ4n) is 0.895. The van der Waals surface area contributed by atoms with E-state index in [0.717, 1.165) is 5.69 Å². The molecule has 0 radical (unpaired) electrons. The van der Waals surface area contributed by atoms with E-state index in [2.05, 4.69) is 4.98 Å². The van der Waals surface area contributed by atoms with E-state index in [0.29, 0.717) is 4.88 Å². The van der Waals surface area contributed by atoms with Crippen molar-refractivity contribution in [1.82, 2.24) is 4.98 Å². The summed E-state index contributed by atoms with van der Waals surface area (Å²) in [7, 11) is 0. The summed E-state index contributed by atoms with van der Waals surface area (Å²) in [4.78, 5) is 4.59. The highest BCUT2D eigenvalue weighted by molar-refractivity contribution is 7.09. The van der Waals surface area contributed by atoms with Gasteiger partial charge in [0.05, 0.1) is 16.1 Å². The molecule has 0 saturated carbocycles. The molecule has 0 aliphatic heterocycles. The zero-order chi connectivity index (χ0) is 8.48. The normalized spacial score (nSPS) is 16.4. The Morgan fingerprint density at radius 1 is 1.82 bits per heavy atom. The lowest BCUT2D eigenvalue weighted by molar-refractivity contribution is 0.207. The van der Waals surface area contributed by atoms with Crippen molar-refractivity contribution in [2.24, 2.45) is 5.73 Å². The molecule has 0 spiro atoms. The average molecular weight is 174 g/mol. The van der Waals surface area contributed by atoms with Crippen LogP contribution in [0.15, 0.2) is 5.51 Å². The van der Waals surface area contributed by atoms with Gasteiger partial charge in [-0.2, -0.15) is 0 Å². The van der Waals surface area contributed by atoms with Crippen LogP contribution in [0.3, 0.4) is 0 Å². The van der Waals surface area contributed by atoms with Crippen LogP contribution in [0.1, 0.15) is 17.5 Å². The SMILES string of the molecule is Cc1ncsc1C(C)(F)CN. The minimum Gasteiger partial charge on any atom is -0.327 e. The Balaban J connectivity index is 3.00. The molecule has 11 heavy (non-hydrogen) atoms.